The molecule has 0 aliphatic heterocycles. The first-order valence-corrected chi connectivity index (χ1v) is 15.1. The van der Waals surface area contributed by atoms with E-state index in [1.165, 1.54) is 70.6 Å². The summed E-state index contributed by atoms with van der Waals surface area (Å²) in [6.45, 7) is 13.0. The third kappa shape index (κ3) is 13.5. The van der Waals surface area contributed by atoms with E-state index in [1.807, 2.05) is 6.08 Å². The maximum atomic E-state index is 9.67. The Kier molecular flexibility index (Phi) is 16.4. The monoisotopic (exact) mass is 439 g/mol. The number of allylic oxidation sites excluding steroid dienone is 1. The molecule has 0 aromatic carbocycles. The van der Waals surface area contributed by atoms with E-state index in [0.717, 1.165) is 6.42 Å². The van der Waals surface area contributed by atoms with Crippen LogP contribution in [0.1, 0.15) is 105 Å². The highest BCUT2D eigenvalue weighted by molar-refractivity contribution is 6.74. The molecule has 30 heavy (non-hydrogen) atoms. The van der Waals surface area contributed by atoms with Crippen LogP contribution in [-0.4, -0.2) is 32.2 Å². The third-order valence-corrected chi connectivity index (χ3v) is 10.8. The molecule has 0 aliphatic carbocycles. The summed E-state index contributed by atoms with van der Waals surface area (Å²) in [6, 6.07) is -0.572. The van der Waals surface area contributed by atoms with Gasteiger partial charge in [-0.1, -0.05) is 109 Å². The minimum Gasteiger partial charge on any atom is -0.410 e. The van der Waals surface area contributed by atoms with Crippen LogP contribution in [0.2, 0.25) is 18.1 Å². The number of aliphatic hydroxyl groups excluding tert-OH is 1. The summed E-state index contributed by atoms with van der Waals surface area (Å²) in [5, 5.41) is 13.5. The first-order chi connectivity index (χ1) is 14.2. The molecule has 5 nitrogen and oxygen atoms in total. The smallest absolute Gasteiger partial charge is 0.192 e. The number of hydrogen-bond acceptors (Lipinski definition) is 3. The second kappa shape index (κ2) is 16.8. The van der Waals surface area contributed by atoms with Crippen LogP contribution in [-0.2, 0) is 4.43 Å². The van der Waals surface area contributed by atoms with Crippen LogP contribution < -0.4 is 0 Å². The van der Waals surface area contributed by atoms with Crippen molar-refractivity contribution in [2.75, 3.05) is 6.61 Å². The summed E-state index contributed by atoms with van der Waals surface area (Å²) in [5.41, 5.74) is 8.84. The average Bonchev–Trinajstić information content (AvgIpc) is 2.67. The van der Waals surface area contributed by atoms with E-state index in [0.29, 0.717) is 0 Å². The summed E-state index contributed by atoms with van der Waals surface area (Å²) in [5.74, 6) is 0. The lowest BCUT2D eigenvalue weighted by Crippen LogP contribution is -2.46. The molecule has 0 saturated carbocycles. The molecule has 0 unspecified atom stereocenters. The zero-order chi connectivity index (χ0) is 22.9. The molecule has 176 valence electrons. The SMILES string of the molecule is CCCCCCCCCCCCCC=C[C@@H](O[Si](C)(C)C(C)(C)C)[C@H](CO)N=[N+]=[N-]. The molecule has 0 saturated heterocycles. The minimum absolute atomic E-state index is 0.0610. The van der Waals surface area contributed by atoms with Gasteiger partial charge in [0, 0.05) is 4.91 Å². The van der Waals surface area contributed by atoms with E-state index in [4.69, 9.17) is 9.96 Å². The molecule has 6 heteroatoms. The van der Waals surface area contributed by atoms with Crippen LogP contribution >= 0.6 is 0 Å². The van der Waals surface area contributed by atoms with Gasteiger partial charge in [-0.25, -0.2) is 0 Å². The summed E-state index contributed by atoms with van der Waals surface area (Å²) in [7, 11) is -2.03. The number of hydrogen-bond donors (Lipinski definition) is 1. The van der Waals surface area contributed by atoms with E-state index < -0.39 is 14.4 Å². The average molecular weight is 440 g/mol. The van der Waals surface area contributed by atoms with Crippen molar-refractivity contribution in [3.8, 4) is 0 Å². The van der Waals surface area contributed by atoms with Crippen LogP contribution in [0.5, 0.6) is 0 Å². The third-order valence-electron chi connectivity index (χ3n) is 6.30. The molecule has 1 N–H and O–H groups in total. The number of rotatable bonds is 18. The highest BCUT2D eigenvalue weighted by Gasteiger charge is 2.40. The molecular formula is C24H49N3O2Si. The van der Waals surface area contributed by atoms with E-state index in [-0.39, 0.29) is 17.7 Å². The van der Waals surface area contributed by atoms with Crippen molar-refractivity contribution in [3.63, 3.8) is 0 Å². The quantitative estimate of drug-likeness (QED) is 0.0582. The molecule has 0 spiro atoms. The summed E-state index contributed by atoms with van der Waals surface area (Å²) < 4.78 is 6.44. The molecule has 0 aromatic rings. The number of azide groups is 1. The van der Waals surface area contributed by atoms with E-state index >= 15 is 0 Å². The fourth-order valence-electron chi connectivity index (χ4n) is 3.19. The molecule has 0 amide bonds. The number of nitrogens with zero attached hydrogens (tertiary/aromatic N) is 3. The lowest BCUT2D eigenvalue weighted by molar-refractivity contribution is 0.149. The van der Waals surface area contributed by atoms with Gasteiger partial charge >= 0.3 is 0 Å². The first kappa shape index (κ1) is 29.2. The zero-order valence-corrected chi connectivity index (χ0v) is 21.7. The van der Waals surface area contributed by atoms with Gasteiger partial charge in [0.25, 0.3) is 0 Å². The highest BCUT2D eigenvalue weighted by atomic mass is 28.4. The van der Waals surface area contributed by atoms with Crippen molar-refractivity contribution < 1.29 is 9.53 Å². The second-order valence-electron chi connectivity index (χ2n) is 10.0. The van der Waals surface area contributed by atoms with Crippen LogP contribution in [0.25, 0.3) is 10.4 Å². The number of aliphatic hydroxyl groups is 1. The predicted molar refractivity (Wildman–Crippen MR) is 132 cm³/mol. The van der Waals surface area contributed by atoms with Gasteiger partial charge < -0.3 is 9.53 Å². The Morgan fingerprint density at radius 3 is 1.90 bits per heavy atom. The van der Waals surface area contributed by atoms with Crippen LogP contribution in [0.15, 0.2) is 17.3 Å². The summed E-state index contributed by atoms with van der Waals surface area (Å²) in [6.07, 6.45) is 19.5. The van der Waals surface area contributed by atoms with Crippen molar-refractivity contribution in [1.29, 1.82) is 0 Å². The molecule has 2 atom stereocenters. The fraction of sp³-hybridized carbons (Fsp3) is 0.917. The van der Waals surface area contributed by atoms with Gasteiger partial charge in [0.2, 0.25) is 0 Å². The van der Waals surface area contributed by atoms with Crippen molar-refractivity contribution >= 4 is 8.32 Å². The minimum atomic E-state index is -2.03. The van der Waals surface area contributed by atoms with Crippen molar-refractivity contribution in [1.82, 2.24) is 0 Å². The van der Waals surface area contributed by atoms with Gasteiger partial charge in [0.15, 0.2) is 8.32 Å². The van der Waals surface area contributed by atoms with Gasteiger partial charge in [-0.2, -0.15) is 0 Å². The Morgan fingerprint density at radius 1 is 0.967 bits per heavy atom. The van der Waals surface area contributed by atoms with Gasteiger partial charge in [-0.15, -0.1) is 0 Å². The second-order valence-corrected chi connectivity index (χ2v) is 14.8. The standard InChI is InChI=1S/C24H49N3O2Si/c1-7-8-9-10-11-12-13-14-15-16-17-18-19-20-23(22(21-28)26-27-25)29-30(5,6)24(2,3)4/h19-20,22-23,28H,7-18,21H2,1-6H3/t22-,23+/m0/s1. The number of unbranched alkanes of at least 4 members (excludes halogenated alkanes) is 11. The lowest BCUT2D eigenvalue weighted by Gasteiger charge is -2.39. The molecular weight excluding hydrogens is 390 g/mol. The van der Waals surface area contributed by atoms with Crippen LogP contribution in [0, 0.1) is 0 Å². The van der Waals surface area contributed by atoms with Crippen molar-refractivity contribution in [3.05, 3.63) is 22.6 Å². The molecule has 0 aliphatic rings. The Hall–Kier alpha value is -0.813. The van der Waals surface area contributed by atoms with Crippen LogP contribution in [0.3, 0.4) is 0 Å². The maximum Gasteiger partial charge on any atom is 0.192 e. The fourth-order valence-corrected chi connectivity index (χ4v) is 4.46. The highest BCUT2D eigenvalue weighted by Crippen LogP contribution is 2.38. The Balaban J connectivity index is 4.29. The van der Waals surface area contributed by atoms with Gasteiger partial charge in [0.05, 0.1) is 18.8 Å². The van der Waals surface area contributed by atoms with Gasteiger partial charge in [0.1, 0.15) is 0 Å². The first-order valence-electron chi connectivity index (χ1n) is 12.2. The van der Waals surface area contributed by atoms with Crippen LogP contribution in [0.4, 0.5) is 0 Å². The summed E-state index contributed by atoms with van der Waals surface area (Å²) >= 11 is 0. The van der Waals surface area contributed by atoms with Gasteiger partial charge in [-0.05, 0) is 36.5 Å². The predicted octanol–water partition coefficient (Wildman–Crippen LogP) is 8.31. The Bertz CT molecular complexity index is 497. The van der Waals surface area contributed by atoms with Crippen molar-refractivity contribution in [2.24, 2.45) is 5.11 Å². The van der Waals surface area contributed by atoms with E-state index in [1.54, 1.807) is 0 Å². The van der Waals surface area contributed by atoms with E-state index in [9.17, 15) is 5.11 Å². The summed E-state index contributed by atoms with van der Waals surface area (Å²) in [4.78, 5) is 2.90. The Labute approximate surface area is 187 Å². The molecule has 0 fully saturated rings. The molecule has 0 heterocycles. The topological polar surface area (TPSA) is 78.2 Å². The maximum absolute atomic E-state index is 9.67. The zero-order valence-electron chi connectivity index (χ0n) is 20.7. The molecule has 0 bridgehead atoms. The van der Waals surface area contributed by atoms with Crippen molar-refractivity contribution in [2.45, 2.75) is 135 Å². The van der Waals surface area contributed by atoms with Gasteiger partial charge in [-0.3, -0.25) is 0 Å². The lowest BCUT2D eigenvalue weighted by atomic mass is 10.0. The van der Waals surface area contributed by atoms with E-state index in [2.05, 4.69) is 56.9 Å². The molecule has 0 aromatic heterocycles. The largest absolute Gasteiger partial charge is 0.410 e. The molecule has 0 radical (unpaired) electrons. The normalized spacial score (nSPS) is 14.6. The Morgan fingerprint density at radius 2 is 1.47 bits per heavy atom. The molecule has 0 rings (SSSR count).